The molecule has 0 aliphatic rings. The Hall–Kier alpha value is -2.15. The van der Waals surface area contributed by atoms with Crippen LogP contribution in [0.25, 0.3) is 6.08 Å². The summed E-state index contributed by atoms with van der Waals surface area (Å²) in [6.07, 6.45) is 3.18. The van der Waals surface area contributed by atoms with Gasteiger partial charge in [-0.3, -0.25) is 0 Å². The molecule has 0 radical (unpaired) electrons. The number of nitrogens with one attached hydrogen (secondary N) is 1. The number of sulfonamides is 1. The maximum atomic E-state index is 12.2. The van der Waals surface area contributed by atoms with Gasteiger partial charge in [-0.25, -0.2) is 13.1 Å². The quantitative estimate of drug-likeness (QED) is 0.692. The molecule has 24 heavy (non-hydrogen) atoms. The monoisotopic (exact) mass is 359 g/mol. The van der Waals surface area contributed by atoms with E-state index < -0.39 is 10.0 Å². The summed E-state index contributed by atoms with van der Waals surface area (Å²) in [6.45, 7) is 0.246. The van der Waals surface area contributed by atoms with E-state index in [0.29, 0.717) is 0 Å². The second kappa shape index (κ2) is 7.61. The van der Waals surface area contributed by atoms with Gasteiger partial charge in [-0.2, -0.15) is 0 Å². The van der Waals surface area contributed by atoms with E-state index in [2.05, 4.69) is 4.72 Å². The van der Waals surface area contributed by atoms with Crippen molar-refractivity contribution in [2.75, 3.05) is 6.54 Å². The SMILES string of the molecule is O=S(=O)(/C=C/c1ccccc1)NC[C@@H](c1ccco1)c1cccs1. The summed E-state index contributed by atoms with van der Waals surface area (Å²) >= 11 is 1.58. The van der Waals surface area contributed by atoms with E-state index in [-0.39, 0.29) is 12.5 Å². The molecule has 3 rings (SSSR count). The third-order valence-corrected chi connectivity index (χ3v) is 5.55. The topological polar surface area (TPSA) is 59.3 Å². The zero-order chi connectivity index (χ0) is 16.8. The van der Waals surface area contributed by atoms with E-state index in [1.165, 1.54) is 5.41 Å². The van der Waals surface area contributed by atoms with Gasteiger partial charge >= 0.3 is 0 Å². The molecule has 0 fully saturated rings. The zero-order valence-corrected chi connectivity index (χ0v) is 14.5. The predicted octanol–water partition coefficient (Wildman–Crippen LogP) is 4.06. The maximum absolute atomic E-state index is 12.2. The van der Waals surface area contributed by atoms with Gasteiger partial charge in [0.2, 0.25) is 10.0 Å². The van der Waals surface area contributed by atoms with Crippen molar-refractivity contribution in [2.24, 2.45) is 0 Å². The van der Waals surface area contributed by atoms with Gasteiger partial charge in [-0.1, -0.05) is 36.4 Å². The van der Waals surface area contributed by atoms with Crippen LogP contribution < -0.4 is 4.72 Å². The average Bonchev–Trinajstić information content (AvgIpc) is 3.28. The highest BCUT2D eigenvalue weighted by atomic mass is 32.2. The van der Waals surface area contributed by atoms with Crippen molar-refractivity contribution in [1.82, 2.24) is 4.72 Å². The van der Waals surface area contributed by atoms with Crippen LogP contribution in [0.5, 0.6) is 0 Å². The highest BCUT2D eigenvalue weighted by molar-refractivity contribution is 7.92. The summed E-state index contributed by atoms with van der Waals surface area (Å²) in [5.41, 5.74) is 0.837. The number of furan rings is 1. The number of thiophene rings is 1. The van der Waals surface area contributed by atoms with Gasteiger partial charge < -0.3 is 4.42 Å². The number of hydrogen-bond acceptors (Lipinski definition) is 4. The van der Waals surface area contributed by atoms with E-state index in [9.17, 15) is 8.42 Å². The van der Waals surface area contributed by atoms with Crippen LogP contribution in [0.4, 0.5) is 0 Å². The van der Waals surface area contributed by atoms with E-state index in [1.807, 2.05) is 53.9 Å². The normalized spacial score (nSPS) is 13.3. The molecule has 4 nitrogen and oxygen atoms in total. The second-order valence-corrected chi connectivity index (χ2v) is 7.82. The van der Waals surface area contributed by atoms with Crippen molar-refractivity contribution in [2.45, 2.75) is 5.92 Å². The van der Waals surface area contributed by atoms with Crippen LogP contribution in [-0.4, -0.2) is 15.0 Å². The van der Waals surface area contributed by atoms with Crippen LogP contribution >= 0.6 is 11.3 Å². The fraction of sp³-hybridized carbons (Fsp3) is 0.111. The Morgan fingerprint density at radius 3 is 2.58 bits per heavy atom. The predicted molar refractivity (Wildman–Crippen MR) is 97.3 cm³/mol. The van der Waals surface area contributed by atoms with Crippen LogP contribution in [0, 0.1) is 0 Å². The van der Waals surface area contributed by atoms with Crippen LogP contribution in [-0.2, 0) is 10.0 Å². The largest absolute Gasteiger partial charge is 0.469 e. The molecule has 1 aromatic carbocycles. The van der Waals surface area contributed by atoms with E-state index in [4.69, 9.17) is 4.42 Å². The minimum atomic E-state index is -3.52. The number of rotatable bonds is 7. The van der Waals surface area contributed by atoms with Gasteiger partial charge in [-0.05, 0) is 35.2 Å². The van der Waals surface area contributed by atoms with Gasteiger partial charge in [0.1, 0.15) is 5.76 Å². The summed E-state index contributed by atoms with van der Waals surface area (Å²) in [5.74, 6) is 0.604. The van der Waals surface area contributed by atoms with Crippen molar-refractivity contribution in [3.8, 4) is 0 Å². The van der Waals surface area contributed by atoms with Crippen LogP contribution in [0.15, 0.2) is 76.1 Å². The Balaban J connectivity index is 1.71. The third-order valence-electron chi connectivity index (χ3n) is 3.50. The fourth-order valence-electron chi connectivity index (χ4n) is 2.30. The number of hydrogen-bond donors (Lipinski definition) is 1. The summed E-state index contributed by atoms with van der Waals surface area (Å²) in [7, 11) is -3.52. The molecule has 0 spiro atoms. The summed E-state index contributed by atoms with van der Waals surface area (Å²) in [5, 5.41) is 3.16. The van der Waals surface area contributed by atoms with E-state index in [1.54, 1.807) is 29.7 Å². The lowest BCUT2D eigenvalue weighted by atomic mass is 10.1. The molecule has 2 heterocycles. The van der Waals surface area contributed by atoms with Crippen LogP contribution in [0.3, 0.4) is 0 Å². The first-order valence-electron chi connectivity index (χ1n) is 7.44. The first-order valence-corrected chi connectivity index (χ1v) is 9.86. The lowest BCUT2D eigenvalue weighted by Crippen LogP contribution is -2.26. The molecular weight excluding hydrogens is 342 g/mol. The standard InChI is InChI=1S/C18H17NO3S2/c20-24(21,13-10-15-6-2-1-3-7-15)19-14-16(17-8-4-11-22-17)18-9-5-12-23-18/h1-13,16,19H,14H2/b13-10+/t16-/m0/s1. The molecule has 1 N–H and O–H groups in total. The van der Waals surface area contributed by atoms with Gasteiger partial charge in [-0.15, -0.1) is 11.3 Å². The molecule has 0 saturated heterocycles. The van der Waals surface area contributed by atoms with Gasteiger partial charge in [0.05, 0.1) is 12.2 Å². The average molecular weight is 359 g/mol. The smallest absolute Gasteiger partial charge is 0.233 e. The van der Waals surface area contributed by atoms with Gasteiger partial charge in [0.15, 0.2) is 0 Å². The molecule has 0 unspecified atom stereocenters. The molecule has 0 saturated carbocycles. The van der Waals surface area contributed by atoms with Gasteiger partial charge in [0.25, 0.3) is 0 Å². The van der Waals surface area contributed by atoms with E-state index in [0.717, 1.165) is 16.2 Å². The Bertz CT molecular complexity index is 834. The summed E-state index contributed by atoms with van der Waals surface area (Å²) in [4.78, 5) is 1.06. The molecule has 0 aliphatic carbocycles. The first-order chi connectivity index (χ1) is 11.6. The van der Waals surface area contributed by atoms with Crippen LogP contribution in [0.1, 0.15) is 22.1 Å². The Labute approximate surface area is 145 Å². The van der Waals surface area contributed by atoms with Crippen LogP contribution in [0.2, 0.25) is 0 Å². The van der Waals surface area contributed by atoms with Crippen molar-refractivity contribution in [3.63, 3.8) is 0 Å². The molecule has 124 valence electrons. The lowest BCUT2D eigenvalue weighted by Gasteiger charge is -2.13. The molecule has 2 aromatic heterocycles. The Morgan fingerprint density at radius 1 is 1.08 bits per heavy atom. The zero-order valence-electron chi connectivity index (χ0n) is 12.8. The van der Waals surface area contributed by atoms with Gasteiger partial charge in [0, 0.05) is 16.8 Å². The first kappa shape index (κ1) is 16.7. The Kier molecular flexibility index (Phi) is 5.30. The fourth-order valence-corrected chi connectivity index (χ4v) is 3.97. The molecule has 6 heteroatoms. The molecule has 0 amide bonds. The summed E-state index contributed by atoms with van der Waals surface area (Å²) in [6, 6.07) is 16.9. The summed E-state index contributed by atoms with van der Waals surface area (Å²) < 4.78 is 32.6. The maximum Gasteiger partial charge on any atom is 0.233 e. The molecule has 0 aliphatic heterocycles. The van der Waals surface area contributed by atoms with Crippen molar-refractivity contribution in [3.05, 3.63) is 87.8 Å². The lowest BCUT2D eigenvalue weighted by molar-refractivity contribution is 0.484. The third kappa shape index (κ3) is 4.44. The van der Waals surface area contributed by atoms with Crippen molar-refractivity contribution < 1.29 is 12.8 Å². The highest BCUT2D eigenvalue weighted by Gasteiger charge is 2.20. The number of benzene rings is 1. The minimum absolute atomic E-state index is 0.139. The minimum Gasteiger partial charge on any atom is -0.469 e. The molecule has 0 bridgehead atoms. The van der Waals surface area contributed by atoms with Crippen molar-refractivity contribution in [1.29, 1.82) is 0 Å². The second-order valence-electron chi connectivity index (χ2n) is 5.19. The molecular formula is C18H17NO3S2. The van der Waals surface area contributed by atoms with Crippen molar-refractivity contribution >= 4 is 27.4 Å². The molecule has 3 aromatic rings. The molecule has 1 atom stereocenters. The highest BCUT2D eigenvalue weighted by Crippen LogP contribution is 2.28. The Morgan fingerprint density at radius 2 is 1.92 bits per heavy atom. The van der Waals surface area contributed by atoms with E-state index >= 15 is 0 Å².